The van der Waals surface area contributed by atoms with E-state index in [1.165, 1.54) is 4.90 Å². The minimum atomic E-state index is -0.439. The Morgan fingerprint density at radius 3 is 2.75 bits per heavy atom. The van der Waals surface area contributed by atoms with E-state index in [9.17, 15) is 9.59 Å². The van der Waals surface area contributed by atoms with Crippen LogP contribution in [0.1, 0.15) is 22.3 Å². The summed E-state index contributed by atoms with van der Waals surface area (Å²) in [6, 6.07) is 5.48. The second-order valence-corrected chi connectivity index (χ2v) is 4.23. The minimum absolute atomic E-state index is 0.409. The van der Waals surface area contributed by atoms with Crippen molar-refractivity contribution in [1.82, 2.24) is 0 Å². The molecule has 1 amide bonds. The lowest BCUT2D eigenvalue weighted by Gasteiger charge is -2.15. The van der Waals surface area contributed by atoms with Crippen LogP contribution in [0.3, 0.4) is 0 Å². The zero-order chi connectivity index (χ0) is 11.7. The van der Waals surface area contributed by atoms with E-state index in [2.05, 4.69) is 0 Å². The summed E-state index contributed by atoms with van der Waals surface area (Å²) in [5, 5.41) is 0. The van der Waals surface area contributed by atoms with Gasteiger partial charge in [-0.05, 0) is 25.5 Å². The van der Waals surface area contributed by atoms with Gasteiger partial charge in [0.05, 0.1) is 11.3 Å². The molecule has 0 N–H and O–H groups in total. The van der Waals surface area contributed by atoms with E-state index in [0.29, 0.717) is 30.1 Å². The monoisotopic (exact) mass is 237 g/mol. The van der Waals surface area contributed by atoms with Crippen LogP contribution in [-0.2, 0) is 4.79 Å². The van der Waals surface area contributed by atoms with E-state index in [0.717, 1.165) is 5.56 Å². The first-order chi connectivity index (χ1) is 7.65. The van der Waals surface area contributed by atoms with Crippen molar-refractivity contribution < 1.29 is 9.59 Å². The SMILES string of the molecule is Cc1ccc2c(c1)C(=O)C(=O)N2CCCCl. The maximum atomic E-state index is 11.7. The normalized spacial score (nSPS) is 14.5. The number of ketones is 1. The molecule has 84 valence electrons. The van der Waals surface area contributed by atoms with Crippen LogP contribution in [0.25, 0.3) is 0 Å². The van der Waals surface area contributed by atoms with Crippen LogP contribution in [0.15, 0.2) is 18.2 Å². The molecule has 0 aliphatic carbocycles. The van der Waals surface area contributed by atoms with E-state index in [4.69, 9.17) is 11.6 Å². The molecule has 0 fully saturated rings. The quantitative estimate of drug-likeness (QED) is 0.597. The Morgan fingerprint density at radius 2 is 2.06 bits per heavy atom. The van der Waals surface area contributed by atoms with Gasteiger partial charge in [-0.15, -0.1) is 11.6 Å². The van der Waals surface area contributed by atoms with Gasteiger partial charge in [0.1, 0.15) is 0 Å². The van der Waals surface area contributed by atoms with Crippen LogP contribution in [-0.4, -0.2) is 24.1 Å². The molecule has 0 atom stereocenters. The lowest BCUT2D eigenvalue weighted by Crippen LogP contribution is -2.30. The van der Waals surface area contributed by atoms with Crippen molar-refractivity contribution >= 4 is 29.0 Å². The summed E-state index contributed by atoms with van der Waals surface area (Å²) in [5.74, 6) is -0.363. The molecule has 1 aliphatic heterocycles. The first-order valence-corrected chi connectivity index (χ1v) is 5.71. The number of rotatable bonds is 3. The first kappa shape index (κ1) is 11.1. The number of nitrogens with zero attached hydrogens (tertiary/aromatic N) is 1. The van der Waals surface area contributed by atoms with Crippen LogP contribution < -0.4 is 4.90 Å². The molecule has 2 rings (SSSR count). The molecule has 4 heteroatoms. The van der Waals surface area contributed by atoms with E-state index >= 15 is 0 Å². The van der Waals surface area contributed by atoms with Gasteiger partial charge in [-0.3, -0.25) is 9.59 Å². The van der Waals surface area contributed by atoms with E-state index in [1.54, 1.807) is 6.07 Å². The largest absolute Gasteiger partial charge is 0.305 e. The summed E-state index contributed by atoms with van der Waals surface area (Å²) in [6.07, 6.45) is 0.688. The number of carbonyl (C=O) groups excluding carboxylic acids is 2. The molecular weight excluding hydrogens is 226 g/mol. The van der Waals surface area contributed by atoms with Gasteiger partial charge in [0.2, 0.25) is 0 Å². The molecule has 0 aromatic heterocycles. The average Bonchev–Trinajstić information content (AvgIpc) is 2.50. The van der Waals surface area contributed by atoms with Crippen molar-refractivity contribution in [3.63, 3.8) is 0 Å². The number of aryl methyl sites for hydroxylation is 1. The highest BCUT2D eigenvalue weighted by atomic mass is 35.5. The molecule has 16 heavy (non-hydrogen) atoms. The van der Waals surface area contributed by atoms with Crippen LogP contribution in [0.5, 0.6) is 0 Å². The van der Waals surface area contributed by atoms with E-state index < -0.39 is 11.7 Å². The molecule has 1 heterocycles. The maximum absolute atomic E-state index is 11.7. The highest BCUT2D eigenvalue weighted by molar-refractivity contribution is 6.52. The van der Waals surface area contributed by atoms with Crippen molar-refractivity contribution in [1.29, 1.82) is 0 Å². The predicted octanol–water partition coefficient (Wildman–Crippen LogP) is 2.15. The molecule has 1 aliphatic rings. The third-order valence-electron chi connectivity index (χ3n) is 2.64. The van der Waals surface area contributed by atoms with Crippen molar-refractivity contribution in [2.75, 3.05) is 17.3 Å². The number of anilines is 1. The summed E-state index contributed by atoms with van der Waals surface area (Å²) in [5.41, 5.74) is 2.21. The fraction of sp³-hybridized carbons (Fsp3) is 0.333. The summed E-state index contributed by atoms with van der Waals surface area (Å²) >= 11 is 5.59. The minimum Gasteiger partial charge on any atom is -0.305 e. The number of hydrogen-bond acceptors (Lipinski definition) is 2. The number of Topliss-reactive ketones (excluding diaryl/α,β-unsaturated/α-hetero) is 1. The number of alkyl halides is 1. The summed E-state index contributed by atoms with van der Waals surface area (Å²) in [6.45, 7) is 2.41. The molecular formula is C12H12ClNO2. The second-order valence-electron chi connectivity index (χ2n) is 3.85. The van der Waals surface area contributed by atoms with Gasteiger partial charge in [-0.25, -0.2) is 0 Å². The van der Waals surface area contributed by atoms with Crippen LogP contribution in [0, 0.1) is 6.92 Å². The maximum Gasteiger partial charge on any atom is 0.299 e. The van der Waals surface area contributed by atoms with E-state index in [1.807, 2.05) is 19.1 Å². The zero-order valence-electron chi connectivity index (χ0n) is 9.00. The summed E-state index contributed by atoms with van der Waals surface area (Å²) in [7, 11) is 0. The summed E-state index contributed by atoms with van der Waals surface area (Å²) < 4.78 is 0. The topological polar surface area (TPSA) is 37.4 Å². The van der Waals surface area contributed by atoms with Gasteiger partial charge < -0.3 is 4.90 Å². The Kier molecular flexibility index (Phi) is 2.97. The van der Waals surface area contributed by atoms with Crippen LogP contribution in [0.4, 0.5) is 5.69 Å². The average molecular weight is 238 g/mol. The number of benzene rings is 1. The van der Waals surface area contributed by atoms with Gasteiger partial charge in [-0.2, -0.15) is 0 Å². The molecule has 0 spiro atoms. The number of amides is 1. The highest BCUT2D eigenvalue weighted by Gasteiger charge is 2.35. The molecule has 0 unspecified atom stereocenters. The highest BCUT2D eigenvalue weighted by Crippen LogP contribution is 2.29. The molecule has 1 aromatic rings. The van der Waals surface area contributed by atoms with Crippen molar-refractivity contribution in [2.24, 2.45) is 0 Å². The molecule has 3 nitrogen and oxygen atoms in total. The van der Waals surface area contributed by atoms with Crippen LogP contribution in [0.2, 0.25) is 0 Å². The number of halogens is 1. The van der Waals surface area contributed by atoms with Crippen molar-refractivity contribution in [3.05, 3.63) is 29.3 Å². The van der Waals surface area contributed by atoms with Gasteiger partial charge in [-0.1, -0.05) is 11.6 Å². The lowest BCUT2D eigenvalue weighted by molar-refractivity contribution is -0.114. The Hall–Kier alpha value is -1.35. The third-order valence-corrected chi connectivity index (χ3v) is 2.91. The fourth-order valence-electron chi connectivity index (χ4n) is 1.85. The molecule has 0 bridgehead atoms. The van der Waals surface area contributed by atoms with Gasteiger partial charge in [0.25, 0.3) is 11.7 Å². The second kappa shape index (κ2) is 4.26. The molecule has 0 saturated carbocycles. The zero-order valence-corrected chi connectivity index (χ0v) is 9.75. The number of fused-ring (bicyclic) bond motifs is 1. The number of hydrogen-bond donors (Lipinski definition) is 0. The Bertz CT molecular complexity index is 456. The van der Waals surface area contributed by atoms with Crippen LogP contribution >= 0.6 is 11.6 Å². The third kappa shape index (κ3) is 1.71. The fourth-order valence-corrected chi connectivity index (χ4v) is 1.97. The molecule has 1 aromatic carbocycles. The summed E-state index contributed by atoms with van der Waals surface area (Å²) in [4.78, 5) is 24.9. The molecule has 0 saturated heterocycles. The number of carbonyl (C=O) groups is 2. The Balaban J connectivity index is 2.38. The first-order valence-electron chi connectivity index (χ1n) is 5.18. The van der Waals surface area contributed by atoms with Gasteiger partial charge in [0.15, 0.2) is 0 Å². The lowest BCUT2D eigenvalue weighted by atomic mass is 10.1. The van der Waals surface area contributed by atoms with E-state index in [-0.39, 0.29) is 0 Å². The molecule has 0 radical (unpaired) electrons. The Labute approximate surface area is 99.0 Å². The standard InChI is InChI=1S/C12H12ClNO2/c1-8-3-4-10-9(7-8)11(15)12(16)14(10)6-2-5-13/h3-4,7H,2,5-6H2,1H3. The Morgan fingerprint density at radius 1 is 1.31 bits per heavy atom. The van der Waals surface area contributed by atoms with Crippen molar-refractivity contribution in [2.45, 2.75) is 13.3 Å². The van der Waals surface area contributed by atoms with Gasteiger partial charge in [0, 0.05) is 12.4 Å². The van der Waals surface area contributed by atoms with Crippen molar-refractivity contribution in [3.8, 4) is 0 Å². The smallest absolute Gasteiger partial charge is 0.299 e. The predicted molar refractivity (Wildman–Crippen MR) is 63.2 cm³/mol. The van der Waals surface area contributed by atoms with Gasteiger partial charge >= 0.3 is 0 Å².